The molecule has 0 radical (unpaired) electrons. The van der Waals surface area contributed by atoms with E-state index < -0.39 is 0 Å². The molecular weight excluding hydrogens is 150 g/mol. The van der Waals surface area contributed by atoms with Crippen molar-refractivity contribution in [1.29, 1.82) is 0 Å². The van der Waals surface area contributed by atoms with Crippen molar-refractivity contribution in [3.8, 4) is 0 Å². The van der Waals surface area contributed by atoms with E-state index in [2.05, 4.69) is 33.0 Å². The molecule has 1 atom stereocenters. The van der Waals surface area contributed by atoms with Crippen LogP contribution < -0.4 is 5.32 Å². The summed E-state index contributed by atoms with van der Waals surface area (Å²) in [5.41, 5.74) is 0.0253. The first-order chi connectivity index (χ1) is 5.55. The molecule has 1 N–H and O–H groups in total. The average molecular weight is 173 g/mol. The van der Waals surface area contributed by atoms with Gasteiger partial charge in [0.2, 0.25) is 0 Å². The van der Waals surface area contributed by atoms with Gasteiger partial charge in [-0.15, -0.1) is 0 Å². The molecule has 0 aliphatic rings. The Balaban J connectivity index is 3.83. The van der Waals surface area contributed by atoms with Crippen LogP contribution in [-0.2, 0) is 4.74 Å². The van der Waals surface area contributed by atoms with Crippen molar-refractivity contribution < 1.29 is 4.74 Å². The van der Waals surface area contributed by atoms with Crippen LogP contribution in [0.3, 0.4) is 0 Å². The van der Waals surface area contributed by atoms with Gasteiger partial charge < -0.3 is 10.1 Å². The van der Waals surface area contributed by atoms with Crippen LogP contribution in [0, 0.1) is 0 Å². The summed E-state index contributed by atoms with van der Waals surface area (Å²) < 4.78 is 5.91. The highest BCUT2D eigenvalue weighted by Gasteiger charge is 2.19. The Bertz CT molecular complexity index is 112. The zero-order valence-corrected chi connectivity index (χ0v) is 9.11. The number of hydrogen-bond donors (Lipinski definition) is 1. The van der Waals surface area contributed by atoms with Crippen molar-refractivity contribution in [2.45, 2.75) is 52.2 Å². The maximum absolute atomic E-state index is 5.91. The molecule has 0 aliphatic heterocycles. The molecular formula is C10H23NO. The van der Waals surface area contributed by atoms with Crippen LogP contribution in [0.1, 0.15) is 40.5 Å². The highest BCUT2D eigenvalue weighted by molar-refractivity contribution is 4.70. The van der Waals surface area contributed by atoms with Crippen LogP contribution in [0.5, 0.6) is 0 Å². The van der Waals surface area contributed by atoms with Gasteiger partial charge >= 0.3 is 0 Å². The van der Waals surface area contributed by atoms with E-state index >= 15 is 0 Å². The molecule has 0 amide bonds. The van der Waals surface area contributed by atoms with Gasteiger partial charge in [0.05, 0.1) is 11.7 Å². The summed E-state index contributed by atoms with van der Waals surface area (Å²) in [6, 6.07) is 0. The summed E-state index contributed by atoms with van der Waals surface area (Å²) in [5, 5.41) is 3.14. The molecule has 0 aliphatic carbocycles. The maximum Gasteiger partial charge on any atom is 0.0703 e. The largest absolute Gasteiger partial charge is 0.371 e. The molecule has 1 unspecified atom stereocenters. The fraction of sp³-hybridized carbons (Fsp3) is 1.00. The Hall–Kier alpha value is -0.0800. The molecule has 0 aromatic carbocycles. The lowest BCUT2D eigenvalue weighted by molar-refractivity contribution is -0.0726. The standard InChI is InChI=1S/C10H23NO/c1-6-9(8-11-5)12-10(3,4)7-2/h9,11H,6-8H2,1-5H3. The summed E-state index contributed by atoms with van der Waals surface area (Å²) in [7, 11) is 1.96. The van der Waals surface area contributed by atoms with Crippen molar-refractivity contribution in [1.82, 2.24) is 5.32 Å². The van der Waals surface area contributed by atoms with E-state index in [1.54, 1.807) is 0 Å². The predicted octanol–water partition coefficient (Wildman–Crippen LogP) is 2.19. The molecule has 2 nitrogen and oxygen atoms in total. The summed E-state index contributed by atoms with van der Waals surface area (Å²) in [6.45, 7) is 9.55. The average Bonchev–Trinajstić information content (AvgIpc) is 2.03. The van der Waals surface area contributed by atoms with Crippen LogP contribution in [0.4, 0.5) is 0 Å². The first-order valence-corrected chi connectivity index (χ1v) is 4.88. The van der Waals surface area contributed by atoms with Crippen molar-refractivity contribution in [2.75, 3.05) is 13.6 Å². The monoisotopic (exact) mass is 173 g/mol. The molecule has 0 aromatic rings. The third-order valence-electron chi connectivity index (χ3n) is 2.22. The zero-order chi connectivity index (χ0) is 9.61. The van der Waals surface area contributed by atoms with Gasteiger partial charge in [-0.05, 0) is 33.7 Å². The number of nitrogens with one attached hydrogen (secondary N) is 1. The summed E-state index contributed by atoms with van der Waals surface area (Å²) in [6.07, 6.45) is 2.49. The van der Waals surface area contributed by atoms with E-state index in [1.165, 1.54) is 0 Å². The second-order valence-corrected chi connectivity index (χ2v) is 3.82. The molecule has 74 valence electrons. The lowest BCUT2D eigenvalue weighted by Crippen LogP contribution is -2.35. The summed E-state index contributed by atoms with van der Waals surface area (Å²) in [4.78, 5) is 0. The van der Waals surface area contributed by atoms with Gasteiger partial charge in [0.25, 0.3) is 0 Å². The van der Waals surface area contributed by atoms with E-state index in [4.69, 9.17) is 4.74 Å². The topological polar surface area (TPSA) is 21.3 Å². The Morgan fingerprint density at radius 2 is 1.92 bits per heavy atom. The Kier molecular flexibility index (Phi) is 5.51. The molecule has 0 saturated heterocycles. The smallest absolute Gasteiger partial charge is 0.0703 e. The number of ether oxygens (including phenoxy) is 1. The molecule has 12 heavy (non-hydrogen) atoms. The third kappa shape index (κ3) is 4.73. The Labute approximate surface area is 76.7 Å². The fourth-order valence-corrected chi connectivity index (χ4v) is 1.03. The lowest BCUT2D eigenvalue weighted by Gasteiger charge is -2.29. The maximum atomic E-state index is 5.91. The highest BCUT2D eigenvalue weighted by atomic mass is 16.5. The van der Waals surface area contributed by atoms with E-state index in [0.29, 0.717) is 6.10 Å². The molecule has 0 heterocycles. The fourth-order valence-electron chi connectivity index (χ4n) is 1.03. The molecule has 0 rings (SSSR count). The Morgan fingerprint density at radius 3 is 2.25 bits per heavy atom. The van der Waals surface area contributed by atoms with E-state index in [1.807, 2.05) is 7.05 Å². The molecule has 0 fully saturated rings. The van der Waals surface area contributed by atoms with E-state index in [0.717, 1.165) is 19.4 Å². The van der Waals surface area contributed by atoms with Gasteiger partial charge in [0, 0.05) is 6.54 Å². The van der Waals surface area contributed by atoms with Crippen LogP contribution in [0.25, 0.3) is 0 Å². The van der Waals surface area contributed by atoms with Gasteiger partial charge in [-0.1, -0.05) is 13.8 Å². The van der Waals surface area contributed by atoms with Gasteiger partial charge in [-0.2, -0.15) is 0 Å². The predicted molar refractivity (Wildman–Crippen MR) is 53.5 cm³/mol. The van der Waals surface area contributed by atoms with Gasteiger partial charge in [0.15, 0.2) is 0 Å². The van der Waals surface area contributed by atoms with E-state index in [9.17, 15) is 0 Å². The number of hydrogen-bond acceptors (Lipinski definition) is 2. The van der Waals surface area contributed by atoms with Crippen molar-refractivity contribution in [2.24, 2.45) is 0 Å². The summed E-state index contributed by atoms with van der Waals surface area (Å²) in [5.74, 6) is 0. The van der Waals surface area contributed by atoms with Crippen molar-refractivity contribution in [3.05, 3.63) is 0 Å². The van der Waals surface area contributed by atoms with Crippen LogP contribution in [-0.4, -0.2) is 25.3 Å². The lowest BCUT2D eigenvalue weighted by atomic mass is 10.1. The Morgan fingerprint density at radius 1 is 1.33 bits per heavy atom. The van der Waals surface area contributed by atoms with Gasteiger partial charge in [-0.3, -0.25) is 0 Å². The minimum absolute atomic E-state index is 0.0253. The number of rotatable bonds is 6. The third-order valence-corrected chi connectivity index (χ3v) is 2.22. The minimum atomic E-state index is 0.0253. The summed E-state index contributed by atoms with van der Waals surface area (Å²) >= 11 is 0. The van der Waals surface area contributed by atoms with Crippen LogP contribution in [0.15, 0.2) is 0 Å². The molecule has 0 bridgehead atoms. The normalized spacial score (nSPS) is 14.8. The second-order valence-electron chi connectivity index (χ2n) is 3.82. The molecule has 2 heteroatoms. The van der Waals surface area contributed by atoms with Crippen LogP contribution >= 0.6 is 0 Å². The molecule has 0 aromatic heterocycles. The second kappa shape index (κ2) is 5.55. The highest BCUT2D eigenvalue weighted by Crippen LogP contribution is 2.17. The first-order valence-electron chi connectivity index (χ1n) is 4.88. The first kappa shape index (κ1) is 11.9. The van der Waals surface area contributed by atoms with Gasteiger partial charge in [0.1, 0.15) is 0 Å². The van der Waals surface area contributed by atoms with Crippen molar-refractivity contribution in [3.63, 3.8) is 0 Å². The minimum Gasteiger partial charge on any atom is -0.371 e. The quantitative estimate of drug-likeness (QED) is 0.665. The van der Waals surface area contributed by atoms with Crippen molar-refractivity contribution >= 4 is 0 Å². The van der Waals surface area contributed by atoms with E-state index in [-0.39, 0.29) is 5.60 Å². The molecule has 0 spiro atoms. The SMILES string of the molecule is CCC(CNC)OC(C)(C)CC. The zero-order valence-electron chi connectivity index (χ0n) is 9.11. The van der Waals surface area contributed by atoms with Crippen LogP contribution in [0.2, 0.25) is 0 Å². The van der Waals surface area contributed by atoms with Gasteiger partial charge in [-0.25, -0.2) is 0 Å². The molecule has 0 saturated carbocycles. The number of likely N-dealkylation sites (N-methyl/N-ethyl adjacent to an activating group) is 1.